The lowest BCUT2D eigenvalue weighted by atomic mass is 10.1. The Morgan fingerprint density at radius 3 is 3.00 bits per heavy atom. The monoisotopic (exact) mass is 259 g/mol. The number of rotatable bonds is 5. The van der Waals surface area contributed by atoms with Crippen LogP contribution < -0.4 is 10.1 Å². The lowest BCUT2D eigenvalue weighted by molar-refractivity contribution is 0.300. The summed E-state index contributed by atoms with van der Waals surface area (Å²) in [6.07, 6.45) is 2.57. The molecule has 1 saturated heterocycles. The number of methoxy groups -OCH3 is 1. The maximum atomic E-state index is 9.05. The molecule has 19 heavy (non-hydrogen) atoms. The van der Waals surface area contributed by atoms with Crippen molar-refractivity contribution in [3.63, 3.8) is 0 Å². The molecule has 1 aliphatic rings. The Balaban J connectivity index is 1.88. The molecule has 1 fully saturated rings. The number of benzene rings is 1. The molecule has 4 nitrogen and oxygen atoms in total. The van der Waals surface area contributed by atoms with Crippen LogP contribution in [-0.2, 0) is 6.54 Å². The van der Waals surface area contributed by atoms with Gasteiger partial charge in [0.2, 0.25) is 0 Å². The van der Waals surface area contributed by atoms with Crippen molar-refractivity contribution in [1.82, 2.24) is 10.2 Å². The summed E-state index contributed by atoms with van der Waals surface area (Å²) in [4.78, 5) is 2.40. The van der Waals surface area contributed by atoms with Crippen LogP contribution in [0.3, 0.4) is 0 Å². The van der Waals surface area contributed by atoms with Crippen LogP contribution in [0.5, 0.6) is 5.75 Å². The second-order valence-electron chi connectivity index (χ2n) is 5.05. The van der Waals surface area contributed by atoms with E-state index >= 15 is 0 Å². The molecule has 0 amide bonds. The largest absolute Gasteiger partial charge is 0.495 e. The van der Waals surface area contributed by atoms with Gasteiger partial charge in [0.1, 0.15) is 11.8 Å². The van der Waals surface area contributed by atoms with Crippen molar-refractivity contribution >= 4 is 0 Å². The fourth-order valence-corrected chi connectivity index (χ4v) is 2.57. The molecule has 0 radical (unpaired) electrons. The molecular weight excluding hydrogens is 238 g/mol. The topological polar surface area (TPSA) is 48.3 Å². The van der Waals surface area contributed by atoms with Crippen molar-refractivity contribution < 1.29 is 4.74 Å². The van der Waals surface area contributed by atoms with Gasteiger partial charge in [0, 0.05) is 19.1 Å². The Kier molecular flexibility index (Phi) is 4.78. The first-order chi connectivity index (χ1) is 9.24. The summed E-state index contributed by atoms with van der Waals surface area (Å²) in [6, 6.07) is 8.57. The smallest absolute Gasteiger partial charge is 0.136 e. The molecule has 1 atom stereocenters. The zero-order valence-corrected chi connectivity index (χ0v) is 11.6. The first-order valence-electron chi connectivity index (χ1n) is 6.72. The highest BCUT2D eigenvalue weighted by Crippen LogP contribution is 2.19. The molecule has 1 N–H and O–H groups in total. The fraction of sp³-hybridized carbons (Fsp3) is 0.533. The summed E-state index contributed by atoms with van der Waals surface area (Å²) in [7, 11) is 3.77. The zero-order valence-electron chi connectivity index (χ0n) is 11.6. The number of nitriles is 1. The van der Waals surface area contributed by atoms with Gasteiger partial charge in [-0.1, -0.05) is 6.07 Å². The van der Waals surface area contributed by atoms with E-state index in [2.05, 4.69) is 23.3 Å². The van der Waals surface area contributed by atoms with Crippen LogP contribution >= 0.6 is 0 Å². The van der Waals surface area contributed by atoms with Crippen LogP contribution in [0.15, 0.2) is 18.2 Å². The van der Waals surface area contributed by atoms with Gasteiger partial charge in [-0.3, -0.25) is 0 Å². The molecule has 1 heterocycles. The maximum Gasteiger partial charge on any atom is 0.136 e. The highest BCUT2D eigenvalue weighted by atomic mass is 16.5. The van der Waals surface area contributed by atoms with Crippen LogP contribution in [0.4, 0.5) is 0 Å². The van der Waals surface area contributed by atoms with Crippen LogP contribution in [0.2, 0.25) is 0 Å². The van der Waals surface area contributed by atoms with Crippen LogP contribution in [-0.4, -0.2) is 38.2 Å². The molecule has 0 spiro atoms. The molecule has 1 unspecified atom stereocenters. The second-order valence-corrected chi connectivity index (χ2v) is 5.05. The first kappa shape index (κ1) is 13.9. The number of likely N-dealkylation sites (tertiary alicyclic amines) is 1. The van der Waals surface area contributed by atoms with Gasteiger partial charge >= 0.3 is 0 Å². The second kappa shape index (κ2) is 6.55. The number of likely N-dealkylation sites (N-methyl/N-ethyl adjacent to an activating group) is 1. The third-order valence-electron chi connectivity index (χ3n) is 3.76. The van der Waals surface area contributed by atoms with Crippen molar-refractivity contribution in [2.75, 3.05) is 27.2 Å². The molecule has 1 aliphatic heterocycles. The lowest BCUT2D eigenvalue weighted by Gasteiger charge is -2.19. The number of hydrogen-bond donors (Lipinski definition) is 1. The lowest BCUT2D eigenvalue weighted by Crippen LogP contribution is -2.35. The zero-order chi connectivity index (χ0) is 13.7. The van der Waals surface area contributed by atoms with E-state index in [1.165, 1.54) is 19.4 Å². The van der Waals surface area contributed by atoms with Gasteiger partial charge in [-0.05, 0) is 44.1 Å². The van der Waals surface area contributed by atoms with Gasteiger partial charge in [-0.25, -0.2) is 0 Å². The molecule has 1 aromatic rings. The third-order valence-corrected chi connectivity index (χ3v) is 3.76. The van der Waals surface area contributed by atoms with Crippen molar-refractivity contribution in [3.05, 3.63) is 29.3 Å². The predicted octanol–water partition coefficient (Wildman–Crippen LogP) is 1.75. The number of nitrogens with one attached hydrogen (secondary N) is 1. The van der Waals surface area contributed by atoms with E-state index in [-0.39, 0.29) is 0 Å². The summed E-state index contributed by atoms with van der Waals surface area (Å²) < 4.78 is 5.14. The Morgan fingerprint density at radius 2 is 2.37 bits per heavy atom. The molecule has 0 bridgehead atoms. The molecule has 0 aliphatic carbocycles. The first-order valence-corrected chi connectivity index (χ1v) is 6.72. The minimum atomic E-state index is 0.597. The molecule has 102 valence electrons. The highest BCUT2D eigenvalue weighted by molar-refractivity contribution is 5.45. The molecule has 0 saturated carbocycles. The average Bonchev–Trinajstić information content (AvgIpc) is 2.84. The van der Waals surface area contributed by atoms with Gasteiger partial charge in [-0.15, -0.1) is 0 Å². The summed E-state index contributed by atoms with van der Waals surface area (Å²) in [5.41, 5.74) is 1.72. The minimum absolute atomic E-state index is 0.597. The Labute approximate surface area is 115 Å². The summed E-state index contributed by atoms with van der Waals surface area (Å²) in [6.45, 7) is 3.00. The van der Waals surface area contributed by atoms with E-state index in [0.717, 1.165) is 18.7 Å². The fourth-order valence-electron chi connectivity index (χ4n) is 2.57. The number of hydrogen-bond acceptors (Lipinski definition) is 4. The molecule has 0 aromatic heterocycles. The van der Waals surface area contributed by atoms with Gasteiger partial charge in [-0.2, -0.15) is 5.26 Å². The Morgan fingerprint density at radius 1 is 1.53 bits per heavy atom. The van der Waals surface area contributed by atoms with Crippen molar-refractivity contribution in [1.29, 1.82) is 5.26 Å². The number of ether oxygens (including phenoxy) is 1. The van der Waals surface area contributed by atoms with Crippen LogP contribution in [0.25, 0.3) is 0 Å². The van der Waals surface area contributed by atoms with Crippen molar-refractivity contribution in [2.24, 2.45) is 0 Å². The number of nitrogens with zero attached hydrogens (tertiary/aromatic N) is 2. The van der Waals surface area contributed by atoms with E-state index in [9.17, 15) is 0 Å². The molecular formula is C15H21N3O. The minimum Gasteiger partial charge on any atom is -0.495 e. The standard InChI is InChI=1S/C15H21N3O/c1-18-7-3-4-14(18)11-17-10-12-5-6-15(19-2)13(8-12)9-16/h5-6,8,14,17H,3-4,7,10-11H2,1-2H3. The van der Waals surface area contributed by atoms with Crippen LogP contribution in [0.1, 0.15) is 24.0 Å². The van der Waals surface area contributed by atoms with E-state index in [0.29, 0.717) is 17.4 Å². The van der Waals surface area contributed by atoms with E-state index in [4.69, 9.17) is 10.00 Å². The van der Waals surface area contributed by atoms with E-state index in [1.807, 2.05) is 18.2 Å². The average molecular weight is 259 g/mol. The van der Waals surface area contributed by atoms with Gasteiger partial charge in [0.15, 0.2) is 0 Å². The highest BCUT2D eigenvalue weighted by Gasteiger charge is 2.19. The SMILES string of the molecule is COc1ccc(CNCC2CCCN2C)cc1C#N. The van der Waals surface area contributed by atoms with E-state index in [1.54, 1.807) is 7.11 Å². The molecule has 4 heteroatoms. The van der Waals surface area contributed by atoms with E-state index < -0.39 is 0 Å². The summed E-state index contributed by atoms with van der Waals surface area (Å²) in [5.74, 6) is 0.641. The van der Waals surface area contributed by atoms with Crippen molar-refractivity contribution in [2.45, 2.75) is 25.4 Å². The quantitative estimate of drug-likeness (QED) is 0.875. The Bertz CT molecular complexity index is 467. The Hall–Kier alpha value is -1.57. The molecule has 1 aromatic carbocycles. The van der Waals surface area contributed by atoms with Crippen LogP contribution in [0, 0.1) is 11.3 Å². The normalized spacial score (nSPS) is 19.3. The van der Waals surface area contributed by atoms with Gasteiger partial charge < -0.3 is 15.0 Å². The summed E-state index contributed by atoms with van der Waals surface area (Å²) >= 11 is 0. The summed E-state index contributed by atoms with van der Waals surface area (Å²) in [5, 5.41) is 12.5. The van der Waals surface area contributed by atoms with Gasteiger partial charge in [0.05, 0.1) is 12.7 Å². The predicted molar refractivity (Wildman–Crippen MR) is 75.1 cm³/mol. The third kappa shape index (κ3) is 3.46. The maximum absolute atomic E-state index is 9.05. The van der Waals surface area contributed by atoms with Crippen molar-refractivity contribution in [3.8, 4) is 11.8 Å². The molecule has 2 rings (SSSR count). The van der Waals surface area contributed by atoms with Gasteiger partial charge in [0.25, 0.3) is 0 Å².